The Morgan fingerprint density at radius 1 is 0.481 bits per heavy atom. The monoisotopic (exact) mass is 663 g/mol. The van der Waals surface area contributed by atoms with Crippen LogP contribution in [-0.4, -0.2) is 14.5 Å². The molecule has 52 heavy (non-hydrogen) atoms. The first-order valence-corrected chi connectivity index (χ1v) is 17.6. The summed E-state index contributed by atoms with van der Waals surface area (Å²) in [5, 5.41) is 9.37. The Morgan fingerprint density at radius 2 is 1.27 bits per heavy atom. The van der Waals surface area contributed by atoms with Gasteiger partial charge in [-0.3, -0.25) is 4.98 Å². The molecule has 4 heteroatoms. The van der Waals surface area contributed by atoms with Crippen molar-refractivity contribution in [3.05, 3.63) is 176 Å². The lowest BCUT2D eigenvalue weighted by atomic mass is 9.98. The Morgan fingerprint density at radius 3 is 2.21 bits per heavy atom. The van der Waals surface area contributed by atoms with E-state index in [1.54, 1.807) is 0 Å². The Kier molecular flexibility index (Phi) is 6.22. The largest absolute Gasteiger partial charge is 0.455 e. The second-order valence-corrected chi connectivity index (χ2v) is 13.4. The van der Waals surface area contributed by atoms with Gasteiger partial charge in [0.2, 0.25) is 0 Å². The van der Waals surface area contributed by atoms with E-state index in [1.165, 1.54) is 32.6 Å². The zero-order valence-electron chi connectivity index (χ0n) is 28.0. The highest BCUT2D eigenvalue weighted by Gasteiger charge is 2.18. The van der Waals surface area contributed by atoms with Gasteiger partial charge in [0.25, 0.3) is 0 Å². The van der Waals surface area contributed by atoms with E-state index in [0.717, 1.165) is 72.0 Å². The van der Waals surface area contributed by atoms with Crippen molar-refractivity contribution in [3.8, 4) is 39.3 Å². The van der Waals surface area contributed by atoms with Gasteiger partial charge in [-0.15, -0.1) is 0 Å². The van der Waals surface area contributed by atoms with Crippen molar-refractivity contribution in [1.82, 2.24) is 14.5 Å². The number of aromatic nitrogens is 3. The number of rotatable bonds is 4. The summed E-state index contributed by atoms with van der Waals surface area (Å²) < 4.78 is 9.08. The van der Waals surface area contributed by atoms with E-state index in [4.69, 9.17) is 9.40 Å². The minimum atomic E-state index is 0.867. The Balaban J connectivity index is 1.07. The Hall–Kier alpha value is -7.04. The third-order valence-corrected chi connectivity index (χ3v) is 10.5. The van der Waals surface area contributed by atoms with Gasteiger partial charge in [-0.1, -0.05) is 115 Å². The van der Waals surface area contributed by atoms with Crippen LogP contribution >= 0.6 is 0 Å². The zero-order chi connectivity index (χ0) is 34.2. The second kappa shape index (κ2) is 11.2. The van der Waals surface area contributed by atoms with Crippen molar-refractivity contribution in [1.29, 1.82) is 0 Å². The molecule has 0 saturated carbocycles. The molecule has 0 radical (unpaired) electrons. The Bertz CT molecular complexity index is 3190. The number of hydrogen-bond acceptors (Lipinski definition) is 3. The van der Waals surface area contributed by atoms with Gasteiger partial charge in [-0.2, -0.15) is 0 Å². The van der Waals surface area contributed by atoms with Gasteiger partial charge in [-0.05, 0) is 70.3 Å². The first kappa shape index (κ1) is 28.8. The average Bonchev–Trinajstić information content (AvgIpc) is 3.76. The first-order chi connectivity index (χ1) is 25.8. The van der Waals surface area contributed by atoms with E-state index < -0.39 is 0 Å². The molecule has 0 fully saturated rings. The molecule has 7 aromatic carbocycles. The van der Waals surface area contributed by atoms with Crippen molar-refractivity contribution in [2.45, 2.75) is 0 Å². The molecule has 4 nitrogen and oxygen atoms in total. The molecule has 0 amide bonds. The molecule has 0 atom stereocenters. The third-order valence-electron chi connectivity index (χ3n) is 10.5. The smallest absolute Gasteiger partial charge is 0.143 e. The number of fused-ring (bicyclic) bond motifs is 9. The molecule has 0 aliphatic carbocycles. The number of para-hydroxylation sites is 2. The van der Waals surface area contributed by atoms with Crippen molar-refractivity contribution in [2.75, 3.05) is 0 Å². The standard InChI is InChI=1S/C48H29N3O/c1-2-11-31(12-3-1)47-41-29-49-25-24-33(41)27-42(50-47)34-14-8-13-32(26-34)37-17-9-18-38-40-28-35(21-23-45(40)52-48(37)38)51-43-19-7-6-16-39(43)46-36-15-5-4-10-30(36)20-22-44(46)51/h1-29H. The molecule has 4 heterocycles. The predicted octanol–water partition coefficient (Wildman–Crippen LogP) is 12.8. The summed E-state index contributed by atoms with van der Waals surface area (Å²) in [5.41, 5.74) is 11.3. The van der Waals surface area contributed by atoms with E-state index in [9.17, 15) is 0 Å². The molecule has 0 bridgehead atoms. The van der Waals surface area contributed by atoms with Crippen LogP contribution in [0.2, 0.25) is 0 Å². The summed E-state index contributed by atoms with van der Waals surface area (Å²) in [6.07, 6.45) is 3.75. The van der Waals surface area contributed by atoms with E-state index in [-0.39, 0.29) is 0 Å². The van der Waals surface area contributed by atoms with Gasteiger partial charge < -0.3 is 8.98 Å². The highest BCUT2D eigenvalue weighted by atomic mass is 16.3. The summed E-state index contributed by atoms with van der Waals surface area (Å²) in [4.78, 5) is 9.61. The number of pyridine rings is 2. The lowest BCUT2D eigenvalue weighted by Gasteiger charge is -2.11. The molecule has 0 unspecified atom stereocenters. The molecular formula is C48H29N3O. The molecule has 0 saturated heterocycles. The lowest BCUT2D eigenvalue weighted by Crippen LogP contribution is -1.93. The molecule has 242 valence electrons. The molecule has 4 aromatic heterocycles. The normalized spacial score (nSPS) is 11.8. The molecule has 11 aromatic rings. The first-order valence-electron chi connectivity index (χ1n) is 17.6. The van der Waals surface area contributed by atoms with Crippen LogP contribution < -0.4 is 0 Å². The molecule has 0 aliphatic heterocycles. The SMILES string of the molecule is c1ccc(-c2nc(-c3cccc(-c4cccc5c4oc4ccc(-n6c7ccccc7c7c8ccccc8ccc76)cc45)c3)cc3ccncc23)cc1. The van der Waals surface area contributed by atoms with Crippen LogP contribution in [0.25, 0.3) is 105 Å². The van der Waals surface area contributed by atoms with Crippen LogP contribution in [0.4, 0.5) is 0 Å². The fourth-order valence-corrected chi connectivity index (χ4v) is 8.07. The minimum Gasteiger partial charge on any atom is -0.455 e. The zero-order valence-corrected chi connectivity index (χ0v) is 28.0. The maximum Gasteiger partial charge on any atom is 0.143 e. The number of hydrogen-bond donors (Lipinski definition) is 0. The highest BCUT2D eigenvalue weighted by molar-refractivity contribution is 6.21. The summed E-state index contributed by atoms with van der Waals surface area (Å²) in [6, 6.07) is 58.0. The number of benzene rings is 7. The second-order valence-electron chi connectivity index (χ2n) is 13.4. The number of nitrogens with zero attached hydrogens (tertiary/aromatic N) is 3. The molecule has 0 aliphatic rings. The van der Waals surface area contributed by atoms with Gasteiger partial charge in [0.15, 0.2) is 0 Å². The van der Waals surface area contributed by atoms with Crippen molar-refractivity contribution >= 4 is 65.3 Å². The molecule has 0 N–H and O–H groups in total. The van der Waals surface area contributed by atoms with Gasteiger partial charge in [0.05, 0.1) is 22.4 Å². The maximum absolute atomic E-state index is 6.69. The average molecular weight is 664 g/mol. The summed E-state index contributed by atoms with van der Waals surface area (Å²) in [6.45, 7) is 0. The molecular weight excluding hydrogens is 635 g/mol. The van der Waals surface area contributed by atoms with Crippen molar-refractivity contribution in [2.24, 2.45) is 0 Å². The van der Waals surface area contributed by atoms with Crippen molar-refractivity contribution in [3.63, 3.8) is 0 Å². The third kappa shape index (κ3) is 4.34. The minimum absolute atomic E-state index is 0.867. The van der Waals surface area contributed by atoms with Gasteiger partial charge >= 0.3 is 0 Å². The summed E-state index contributed by atoms with van der Waals surface area (Å²) >= 11 is 0. The van der Waals surface area contributed by atoms with Gasteiger partial charge in [0.1, 0.15) is 11.2 Å². The number of furan rings is 1. The van der Waals surface area contributed by atoms with E-state index in [2.05, 4.69) is 155 Å². The fraction of sp³-hybridized carbons (Fsp3) is 0. The topological polar surface area (TPSA) is 43.9 Å². The molecule has 11 rings (SSSR count). The lowest BCUT2D eigenvalue weighted by molar-refractivity contribution is 0.670. The highest BCUT2D eigenvalue weighted by Crippen LogP contribution is 2.41. The van der Waals surface area contributed by atoms with E-state index >= 15 is 0 Å². The molecule has 0 spiro atoms. The summed E-state index contributed by atoms with van der Waals surface area (Å²) in [5.74, 6) is 0. The Labute approximate surface area is 298 Å². The van der Waals surface area contributed by atoms with Crippen LogP contribution in [-0.2, 0) is 0 Å². The summed E-state index contributed by atoms with van der Waals surface area (Å²) in [7, 11) is 0. The van der Waals surface area contributed by atoms with Crippen LogP contribution in [0.15, 0.2) is 181 Å². The van der Waals surface area contributed by atoms with E-state index in [1.807, 2.05) is 30.6 Å². The quantitative estimate of drug-likeness (QED) is 0.188. The van der Waals surface area contributed by atoms with Crippen LogP contribution in [0.3, 0.4) is 0 Å². The predicted molar refractivity (Wildman–Crippen MR) is 215 cm³/mol. The van der Waals surface area contributed by atoms with Crippen LogP contribution in [0.1, 0.15) is 0 Å². The van der Waals surface area contributed by atoms with Crippen molar-refractivity contribution < 1.29 is 4.42 Å². The van der Waals surface area contributed by atoms with E-state index in [0.29, 0.717) is 0 Å². The van der Waals surface area contributed by atoms with Crippen LogP contribution in [0.5, 0.6) is 0 Å². The van der Waals surface area contributed by atoms with Gasteiger partial charge in [0, 0.05) is 61.7 Å². The van der Waals surface area contributed by atoms with Gasteiger partial charge in [-0.25, -0.2) is 4.98 Å². The maximum atomic E-state index is 6.69. The van der Waals surface area contributed by atoms with Crippen LogP contribution in [0, 0.1) is 0 Å². The fourth-order valence-electron chi connectivity index (χ4n) is 8.07.